The number of hydrogen-bond donors (Lipinski definition) is 1. The highest BCUT2D eigenvalue weighted by molar-refractivity contribution is 5.33. The van der Waals surface area contributed by atoms with Crippen LogP contribution in [-0.4, -0.2) is 89.4 Å². The van der Waals surface area contributed by atoms with Gasteiger partial charge in [0.2, 0.25) is 11.8 Å². The van der Waals surface area contributed by atoms with Gasteiger partial charge in [0.15, 0.2) is 0 Å². The van der Waals surface area contributed by atoms with Crippen molar-refractivity contribution in [3.05, 3.63) is 12.3 Å². The molecule has 0 aromatic carbocycles. The third-order valence-corrected chi connectivity index (χ3v) is 5.80. The van der Waals surface area contributed by atoms with Gasteiger partial charge in [-0.1, -0.05) is 0 Å². The van der Waals surface area contributed by atoms with Crippen LogP contribution in [0, 0.1) is 0 Å². The zero-order valence-corrected chi connectivity index (χ0v) is 16.3. The van der Waals surface area contributed by atoms with E-state index >= 15 is 0 Å². The van der Waals surface area contributed by atoms with Crippen LogP contribution in [0.25, 0.3) is 0 Å². The molecule has 0 amide bonds. The minimum absolute atomic E-state index is 0.221. The molecule has 2 aliphatic heterocycles. The van der Waals surface area contributed by atoms with Gasteiger partial charge in [-0.15, -0.1) is 0 Å². The Morgan fingerprint density at radius 1 is 1.23 bits per heavy atom. The lowest BCUT2D eigenvalue weighted by Crippen LogP contribution is -2.59. The number of piperidine rings is 1. The number of piperazine rings is 1. The Kier molecular flexibility index (Phi) is 6.67. The van der Waals surface area contributed by atoms with Gasteiger partial charge in [-0.2, -0.15) is 4.98 Å². The highest BCUT2D eigenvalue weighted by Crippen LogP contribution is 2.26. The number of ether oxygens (including phenoxy) is 1. The fourth-order valence-electron chi connectivity index (χ4n) is 4.27. The molecule has 7 heteroatoms. The monoisotopic (exact) mass is 363 g/mol. The number of rotatable bonds is 6. The SMILES string of the molecule is COc1ccnc(N2CCN(C3CCN(C(C)C)CC3)[C@H](CCO)C2)n1. The summed E-state index contributed by atoms with van der Waals surface area (Å²) in [6, 6.07) is 3.37. The molecule has 26 heavy (non-hydrogen) atoms. The normalized spacial score (nSPS) is 23.6. The van der Waals surface area contributed by atoms with Gasteiger partial charge in [-0.05, 0) is 46.2 Å². The van der Waals surface area contributed by atoms with Crippen molar-refractivity contribution in [3.8, 4) is 5.88 Å². The molecule has 2 fully saturated rings. The van der Waals surface area contributed by atoms with Crippen LogP contribution in [0.4, 0.5) is 5.95 Å². The van der Waals surface area contributed by atoms with Crippen molar-refractivity contribution < 1.29 is 9.84 Å². The van der Waals surface area contributed by atoms with Crippen LogP contribution in [-0.2, 0) is 0 Å². The van der Waals surface area contributed by atoms with E-state index in [0.717, 1.165) is 32.0 Å². The summed E-state index contributed by atoms with van der Waals surface area (Å²) in [4.78, 5) is 16.3. The Hall–Kier alpha value is -1.44. The summed E-state index contributed by atoms with van der Waals surface area (Å²) in [5.41, 5.74) is 0. The molecule has 7 nitrogen and oxygen atoms in total. The molecule has 0 saturated carbocycles. The van der Waals surface area contributed by atoms with Gasteiger partial charge >= 0.3 is 0 Å². The molecule has 0 spiro atoms. The predicted molar refractivity (Wildman–Crippen MR) is 103 cm³/mol. The van der Waals surface area contributed by atoms with Crippen molar-refractivity contribution in [2.24, 2.45) is 0 Å². The van der Waals surface area contributed by atoms with Crippen LogP contribution in [0.5, 0.6) is 5.88 Å². The fourth-order valence-corrected chi connectivity index (χ4v) is 4.27. The lowest BCUT2D eigenvalue weighted by molar-refractivity contribution is 0.0461. The largest absolute Gasteiger partial charge is 0.481 e. The van der Waals surface area contributed by atoms with Crippen LogP contribution in [0.2, 0.25) is 0 Å². The van der Waals surface area contributed by atoms with E-state index in [1.165, 1.54) is 25.9 Å². The Morgan fingerprint density at radius 2 is 2.00 bits per heavy atom. The minimum Gasteiger partial charge on any atom is -0.481 e. The lowest BCUT2D eigenvalue weighted by Gasteiger charge is -2.48. The number of hydrogen-bond acceptors (Lipinski definition) is 7. The molecule has 1 aromatic rings. The quantitative estimate of drug-likeness (QED) is 0.815. The summed E-state index contributed by atoms with van der Waals surface area (Å²) >= 11 is 0. The first-order valence-corrected chi connectivity index (χ1v) is 9.85. The molecule has 0 radical (unpaired) electrons. The molecule has 146 valence electrons. The molecule has 3 rings (SSSR count). The summed E-state index contributed by atoms with van der Waals surface area (Å²) in [6.07, 6.45) is 4.98. The first-order valence-electron chi connectivity index (χ1n) is 9.85. The fraction of sp³-hybridized carbons (Fsp3) is 0.789. The van der Waals surface area contributed by atoms with Crippen LogP contribution in [0.15, 0.2) is 12.3 Å². The molecule has 3 heterocycles. The molecule has 1 aromatic heterocycles. The van der Waals surface area contributed by atoms with Crippen molar-refractivity contribution in [1.82, 2.24) is 19.8 Å². The van der Waals surface area contributed by atoms with Gasteiger partial charge in [0.25, 0.3) is 0 Å². The van der Waals surface area contributed by atoms with E-state index in [1.807, 2.05) is 0 Å². The van der Waals surface area contributed by atoms with Crippen molar-refractivity contribution in [2.45, 2.75) is 51.2 Å². The minimum atomic E-state index is 0.221. The van der Waals surface area contributed by atoms with Gasteiger partial charge in [0.1, 0.15) is 0 Å². The van der Waals surface area contributed by atoms with E-state index in [0.29, 0.717) is 24.0 Å². The maximum atomic E-state index is 9.58. The first-order chi connectivity index (χ1) is 12.6. The Balaban J connectivity index is 1.64. The van der Waals surface area contributed by atoms with Crippen LogP contribution >= 0.6 is 0 Å². The third-order valence-electron chi connectivity index (χ3n) is 5.80. The van der Waals surface area contributed by atoms with Gasteiger partial charge in [0.05, 0.1) is 7.11 Å². The maximum Gasteiger partial charge on any atom is 0.228 e. The van der Waals surface area contributed by atoms with E-state index in [-0.39, 0.29) is 6.61 Å². The van der Waals surface area contributed by atoms with E-state index in [9.17, 15) is 5.11 Å². The van der Waals surface area contributed by atoms with E-state index in [1.54, 1.807) is 19.4 Å². The summed E-state index contributed by atoms with van der Waals surface area (Å²) in [5.74, 6) is 1.32. The second-order valence-electron chi connectivity index (χ2n) is 7.61. The maximum absolute atomic E-state index is 9.58. The van der Waals surface area contributed by atoms with Gasteiger partial charge in [-0.25, -0.2) is 4.98 Å². The number of nitrogens with zero attached hydrogens (tertiary/aromatic N) is 5. The molecule has 1 N–H and O–H groups in total. The molecular formula is C19H33N5O2. The topological polar surface area (TPSA) is 65.0 Å². The number of anilines is 1. The summed E-state index contributed by atoms with van der Waals surface area (Å²) < 4.78 is 5.23. The summed E-state index contributed by atoms with van der Waals surface area (Å²) in [6.45, 7) is 9.90. The van der Waals surface area contributed by atoms with Crippen LogP contribution in [0.3, 0.4) is 0 Å². The van der Waals surface area contributed by atoms with Crippen molar-refractivity contribution in [3.63, 3.8) is 0 Å². The van der Waals surface area contributed by atoms with E-state index in [2.05, 4.69) is 38.5 Å². The lowest BCUT2D eigenvalue weighted by atomic mass is 9.97. The number of aliphatic hydroxyl groups excluding tert-OH is 1. The Bertz CT molecular complexity index is 563. The Morgan fingerprint density at radius 3 is 2.65 bits per heavy atom. The zero-order valence-electron chi connectivity index (χ0n) is 16.3. The summed E-state index contributed by atoms with van der Waals surface area (Å²) in [7, 11) is 1.63. The second-order valence-corrected chi connectivity index (χ2v) is 7.61. The number of aromatic nitrogens is 2. The number of aliphatic hydroxyl groups is 1. The summed E-state index contributed by atoms with van der Waals surface area (Å²) in [5, 5.41) is 9.58. The Labute approximate surface area is 157 Å². The standard InChI is InChI=1S/C19H33N5O2/c1-15(2)22-9-5-16(6-10-22)24-12-11-23(14-17(24)7-13-25)19-20-8-4-18(21-19)26-3/h4,8,15-17,25H,5-7,9-14H2,1-3H3/t17-/m1/s1. The van der Waals surface area contributed by atoms with Crippen molar-refractivity contribution in [2.75, 3.05) is 51.3 Å². The van der Waals surface area contributed by atoms with Gasteiger partial charge in [0, 0.05) is 56.6 Å². The van der Waals surface area contributed by atoms with Gasteiger partial charge < -0.3 is 19.6 Å². The second kappa shape index (κ2) is 8.97. The smallest absolute Gasteiger partial charge is 0.228 e. The molecule has 0 aliphatic carbocycles. The van der Waals surface area contributed by atoms with Crippen molar-refractivity contribution >= 4 is 5.95 Å². The molecule has 0 unspecified atom stereocenters. The number of methoxy groups -OCH3 is 1. The zero-order chi connectivity index (χ0) is 18.5. The van der Waals surface area contributed by atoms with Crippen molar-refractivity contribution in [1.29, 1.82) is 0 Å². The third kappa shape index (κ3) is 4.45. The van der Waals surface area contributed by atoms with Crippen LogP contribution < -0.4 is 9.64 Å². The predicted octanol–water partition coefficient (Wildman–Crippen LogP) is 1.23. The van der Waals surface area contributed by atoms with E-state index in [4.69, 9.17) is 4.74 Å². The molecule has 2 aliphatic rings. The number of likely N-dealkylation sites (tertiary alicyclic amines) is 1. The average Bonchev–Trinajstić information content (AvgIpc) is 2.68. The molecular weight excluding hydrogens is 330 g/mol. The highest BCUT2D eigenvalue weighted by Gasteiger charge is 2.34. The molecule has 2 saturated heterocycles. The molecule has 1 atom stereocenters. The van der Waals surface area contributed by atoms with Crippen LogP contribution in [0.1, 0.15) is 33.1 Å². The van der Waals surface area contributed by atoms with Gasteiger partial charge in [-0.3, -0.25) is 4.90 Å². The average molecular weight is 364 g/mol. The molecule has 0 bridgehead atoms. The van der Waals surface area contributed by atoms with E-state index < -0.39 is 0 Å². The highest BCUT2D eigenvalue weighted by atomic mass is 16.5. The first kappa shape index (κ1) is 19.3.